The zero-order valence-electron chi connectivity index (χ0n) is 28.2. The standard InChI is InChI=1S/C31H49N5O13S/c1-2-47-12-13-49-15-14-48-11-3-8-32-31(50)33-24-6-4-23(5-7-24)16-25(36(21-29(43)44)22-30(45)46)17-34(18-26(37)38)9-10-35(19-27(39)40)20-28(41)42/h4-7,25H,2-3,8-22H2,1H3,(H,37,38)(H,39,40)(H,41,42)(H,43,44)(H,45,46)(H2,32,33,50). The zero-order valence-corrected chi connectivity index (χ0v) is 29.0. The van der Waals surface area contributed by atoms with E-state index in [1.807, 2.05) is 6.92 Å². The van der Waals surface area contributed by atoms with Gasteiger partial charge in [-0.25, -0.2) is 0 Å². The highest BCUT2D eigenvalue weighted by molar-refractivity contribution is 7.80. The van der Waals surface area contributed by atoms with E-state index in [4.69, 9.17) is 36.6 Å². The van der Waals surface area contributed by atoms with Crippen molar-refractivity contribution in [3.63, 3.8) is 0 Å². The highest BCUT2D eigenvalue weighted by Crippen LogP contribution is 2.15. The van der Waals surface area contributed by atoms with Gasteiger partial charge in [-0.05, 0) is 49.7 Å². The first kappa shape index (κ1) is 44.0. The molecule has 7 N–H and O–H groups in total. The molecule has 0 aliphatic rings. The predicted octanol–water partition coefficient (Wildman–Crippen LogP) is -0.327. The number of rotatable bonds is 30. The van der Waals surface area contributed by atoms with Gasteiger partial charge >= 0.3 is 29.8 Å². The Morgan fingerprint density at radius 1 is 0.700 bits per heavy atom. The summed E-state index contributed by atoms with van der Waals surface area (Å²) in [6.45, 7) is 2.35. The maximum atomic E-state index is 11.7. The largest absolute Gasteiger partial charge is 0.480 e. The van der Waals surface area contributed by atoms with Gasteiger partial charge in [-0.3, -0.25) is 38.7 Å². The van der Waals surface area contributed by atoms with E-state index in [0.717, 1.165) is 4.90 Å². The van der Waals surface area contributed by atoms with E-state index in [1.165, 1.54) is 9.80 Å². The summed E-state index contributed by atoms with van der Waals surface area (Å²) in [5, 5.41) is 53.4. The van der Waals surface area contributed by atoms with Crippen molar-refractivity contribution in [1.29, 1.82) is 0 Å². The molecule has 1 unspecified atom stereocenters. The molecule has 50 heavy (non-hydrogen) atoms. The van der Waals surface area contributed by atoms with Crippen LogP contribution >= 0.6 is 12.2 Å². The fourth-order valence-electron chi connectivity index (χ4n) is 4.71. The molecule has 19 heteroatoms. The number of hydrogen-bond acceptors (Lipinski definition) is 12. The Kier molecular flexibility index (Phi) is 22.8. The van der Waals surface area contributed by atoms with E-state index < -0.39 is 68.6 Å². The van der Waals surface area contributed by atoms with Crippen LogP contribution in [0.2, 0.25) is 0 Å². The quantitative estimate of drug-likeness (QED) is 0.0395. The van der Waals surface area contributed by atoms with Crippen LogP contribution in [-0.4, -0.2) is 180 Å². The summed E-state index contributed by atoms with van der Waals surface area (Å²) in [6, 6.07) is 6.15. The second kappa shape index (κ2) is 25.9. The first-order valence-electron chi connectivity index (χ1n) is 15.9. The molecule has 0 saturated carbocycles. The van der Waals surface area contributed by atoms with Crippen molar-refractivity contribution in [3.8, 4) is 0 Å². The lowest BCUT2D eigenvalue weighted by atomic mass is 10.0. The Labute approximate surface area is 295 Å². The lowest BCUT2D eigenvalue weighted by Crippen LogP contribution is -2.51. The first-order chi connectivity index (χ1) is 23.8. The van der Waals surface area contributed by atoms with Gasteiger partial charge in [0, 0.05) is 51.1 Å². The molecule has 0 saturated heterocycles. The van der Waals surface area contributed by atoms with Crippen molar-refractivity contribution >= 4 is 52.9 Å². The third-order valence-corrected chi connectivity index (χ3v) is 7.10. The molecule has 1 aromatic carbocycles. The minimum atomic E-state index is -1.29. The normalized spacial score (nSPS) is 11.8. The summed E-state index contributed by atoms with van der Waals surface area (Å²) in [5.74, 6) is -6.35. The topological polar surface area (TPSA) is 248 Å². The van der Waals surface area contributed by atoms with Crippen LogP contribution in [0.5, 0.6) is 0 Å². The van der Waals surface area contributed by atoms with Gasteiger partial charge in [0.2, 0.25) is 0 Å². The number of carboxylic acids is 5. The summed E-state index contributed by atoms with van der Waals surface area (Å²) in [7, 11) is 0. The van der Waals surface area contributed by atoms with E-state index in [1.54, 1.807) is 24.3 Å². The van der Waals surface area contributed by atoms with Crippen LogP contribution in [0.4, 0.5) is 5.69 Å². The van der Waals surface area contributed by atoms with Crippen LogP contribution in [-0.2, 0) is 44.6 Å². The molecule has 0 aliphatic carbocycles. The molecule has 282 valence electrons. The van der Waals surface area contributed by atoms with Gasteiger partial charge in [0.25, 0.3) is 0 Å². The summed E-state index contributed by atoms with van der Waals surface area (Å²) in [5.41, 5.74) is 1.34. The Morgan fingerprint density at radius 3 is 1.70 bits per heavy atom. The van der Waals surface area contributed by atoms with Gasteiger partial charge in [-0.2, -0.15) is 0 Å². The highest BCUT2D eigenvalue weighted by atomic mass is 32.1. The average Bonchev–Trinajstić information content (AvgIpc) is 3.01. The van der Waals surface area contributed by atoms with Crippen LogP contribution < -0.4 is 10.6 Å². The van der Waals surface area contributed by atoms with Crippen molar-refractivity contribution in [2.24, 2.45) is 0 Å². The summed E-state index contributed by atoms with van der Waals surface area (Å²) in [6.07, 6.45) is 0.839. The summed E-state index contributed by atoms with van der Waals surface area (Å²) < 4.78 is 16.1. The summed E-state index contributed by atoms with van der Waals surface area (Å²) in [4.78, 5) is 61.2. The van der Waals surface area contributed by atoms with Gasteiger partial charge in [-0.15, -0.1) is 0 Å². The van der Waals surface area contributed by atoms with Crippen molar-refractivity contribution < 1.29 is 63.7 Å². The van der Waals surface area contributed by atoms with Crippen molar-refractivity contribution in [1.82, 2.24) is 20.0 Å². The summed E-state index contributed by atoms with van der Waals surface area (Å²) >= 11 is 5.36. The number of nitrogens with one attached hydrogen (secondary N) is 2. The number of carbonyl (C=O) groups is 5. The second-order valence-corrected chi connectivity index (χ2v) is 11.4. The SMILES string of the molecule is CCOCCOCCOCCCNC(=S)Nc1ccc(CC(CN(CCN(CC(=O)O)CC(=O)O)CC(=O)O)N(CC(=O)O)CC(=O)O)cc1. The number of benzene rings is 1. The third kappa shape index (κ3) is 22.6. The molecule has 0 amide bonds. The minimum Gasteiger partial charge on any atom is -0.480 e. The number of aliphatic carboxylic acids is 5. The minimum absolute atomic E-state index is 0.0832. The number of ether oxygens (including phenoxy) is 3. The predicted molar refractivity (Wildman–Crippen MR) is 184 cm³/mol. The maximum Gasteiger partial charge on any atom is 0.317 e. The Balaban J connectivity index is 2.87. The van der Waals surface area contributed by atoms with E-state index in [0.29, 0.717) is 69.0 Å². The molecule has 0 heterocycles. The van der Waals surface area contributed by atoms with Gasteiger partial charge in [0.15, 0.2) is 5.11 Å². The number of thiocarbonyl (C=S) groups is 1. The fraction of sp³-hybridized carbons (Fsp3) is 0.613. The van der Waals surface area contributed by atoms with Crippen molar-refractivity contribution in [3.05, 3.63) is 29.8 Å². The van der Waals surface area contributed by atoms with Gasteiger partial charge in [0.1, 0.15) is 0 Å². The Bertz CT molecular complexity index is 1180. The molecule has 0 aromatic heterocycles. The van der Waals surface area contributed by atoms with Crippen LogP contribution in [0.25, 0.3) is 0 Å². The second-order valence-electron chi connectivity index (χ2n) is 11.0. The van der Waals surface area contributed by atoms with Crippen LogP contribution in [0.3, 0.4) is 0 Å². The van der Waals surface area contributed by atoms with Crippen molar-refractivity contribution in [2.75, 3.05) is 104 Å². The third-order valence-electron chi connectivity index (χ3n) is 6.85. The Morgan fingerprint density at radius 2 is 1.18 bits per heavy atom. The monoisotopic (exact) mass is 731 g/mol. The van der Waals surface area contributed by atoms with E-state index in [-0.39, 0.29) is 26.1 Å². The van der Waals surface area contributed by atoms with Gasteiger partial charge in [0.05, 0.1) is 59.2 Å². The first-order valence-corrected chi connectivity index (χ1v) is 16.3. The lowest BCUT2D eigenvalue weighted by molar-refractivity contribution is -0.144. The molecular weight excluding hydrogens is 682 g/mol. The molecular formula is C31H49N5O13S. The number of anilines is 1. The average molecular weight is 732 g/mol. The Hall–Kier alpha value is -3.98. The van der Waals surface area contributed by atoms with Crippen LogP contribution in [0.15, 0.2) is 24.3 Å². The molecule has 1 atom stereocenters. The molecule has 1 aromatic rings. The number of carboxylic acid groups (broad SMARTS) is 5. The van der Waals surface area contributed by atoms with E-state index in [2.05, 4.69) is 10.6 Å². The molecule has 0 bridgehead atoms. The maximum absolute atomic E-state index is 11.7. The molecule has 0 radical (unpaired) electrons. The number of nitrogens with zero attached hydrogens (tertiary/aromatic N) is 3. The molecule has 0 aliphatic heterocycles. The van der Waals surface area contributed by atoms with E-state index in [9.17, 15) is 39.3 Å². The lowest BCUT2D eigenvalue weighted by Gasteiger charge is -2.34. The van der Waals surface area contributed by atoms with Gasteiger partial charge < -0.3 is 50.4 Å². The van der Waals surface area contributed by atoms with E-state index >= 15 is 0 Å². The zero-order chi connectivity index (χ0) is 37.3. The highest BCUT2D eigenvalue weighted by Gasteiger charge is 2.27. The van der Waals surface area contributed by atoms with Crippen molar-refractivity contribution in [2.45, 2.75) is 25.8 Å². The number of hydrogen-bond donors (Lipinski definition) is 7. The van der Waals surface area contributed by atoms with Crippen LogP contribution in [0, 0.1) is 0 Å². The fourth-order valence-corrected chi connectivity index (χ4v) is 4.93. The van der Waals surface area contributed by atoms with Crippen LogP contribution in [0.1, 0.15) is 18.9 Å². The molecule has 18 nitrogen and oxygen atoms in total. The smallest absolute Gasteiger partial charge is 0.317 e. The van der Waals surface area contributed by atoms with Gasteiger partial charge in [-0.1, -0.05) is 12.1 Å². The molecule has 0 fully saturated rings. The molecule has 0 spiro atoms. The molecule has 1 rings (SSSR count).